The number of nitrogens with one attached hydrogen (secondary N) is 3. The fraction of sp³-hybridized carbons (Fsp3) is 0.624. The summed E-state index contributed by atoms with van der Waals surface area (Å²) in [7, 11) is 0. The van der Waals surface area contributed by atoms with Crippen LogP contribution in [0.2, 0.25) is 0 Å². The Balaban J connectivity index is 0.000000217. The van der Waals surface area contributed by atoms with Crippen LogP contribution in [0.1, 0.15) is 232 Å². The van der Waals surface area contributed by atoms with Crippen LogP contribution in [0.5, 0.6) is 0 Å². The number of allylic oxidation sites excluding steroid dienone is 2. The normalized spacial score (nSPS) is 25.4. The second kappa shape index (κ2) is 39.8. The number of alkyl carbamates (subject to hydrolysis) is 2. The molecule has 0 bridgehead atoms. The lowest BCUT2D eigenvalue weighted by Crippen LogP contribution is -2.50. The van der Waals surface area contributed by atoms with Crippen LogP contribution in [0.3, 0.4) is 0 Å². The second-order valence-electron chi connectivity index (χ2n) is 30.8. The molecular formula is C85H123N3O15. The number of unbranched alkanes of at least 4 members (excludes halogenated alkanes) is 1. The van der Waals surface area contributed by atoms with Crippen LogP contribution in [-0.2, 0) is 38.0 Å². The lowest BCUT2D eigenvalue weighted by Gasteiger charge is -2.48. The lowest BCUT2D eigenvalue weighted by molar-refractivity contribution is -0.324. The Kier molecular flexibility index (Phi) is 31.7. The first-order valence-electron chi connectivity index (χ1n) is 38.8. The van der Waals surface area contributed by atoms with Gasteiger partial charge in [0.2, 0.25) is 5.91 Å². The highest BCUT2D eigenvalue weighted by molar-refractivity contribution is 5.81. The Morgan fingerprint density at radius 1 is 0.515 bits per heavy atom. The van der Waals surface area contributed by atoms with E-state index in [-0.39, 0.29) is 68.1 Å². The van der Waals surface area contributed by atoms with Crippen molar-refractivity contribution in [2.45, 2.75) is 270 Å². The Hall–Kier alpha value is -6.48. The quantitative estimate of drug-likeness (QED) is 0.0186. The van der Waals surface area contributed by atoms with E-state index in [0.29, 0.717) is 42.4 Å². The average molecular weight is 1430 g/mol. The van der Waals surface area contributed by atoms with Gasteiger partial charge in [0.1, 0.15) is 13.2 Å². The van der Waals surface area contributed by atoms with Crippen LogP contribution < -0.4 is 16.0 Å². The third kappa shape index (κ3) is 23.5. The number of aliphatic carboxylic acids is 1. The van der Waals surface area contributed by atoms with Gasteiger partial charge in [-0.05, 0) is 197 Å². The third-order valence-electron chi connectivity index (χ3n) is 22.6. The van der Waals surface area contributed by atoms with Crippen LogP contribution in [0.25, 0.3) is 22.3 Å². The van der Waals surface area contributed by atoms with Gasteiger partial charge < -0.3 is 69.9 Å². The summed E-state index contributed by atoms with van der Waals surface area (Å²) in [5.41, 5.74) is 11.2. The molecule has 4 saturated heterocycles. The Morgan fingerprint density at radius 2 is 0.893 bits per heavy atom. The Morgan fingerprint density at radius 3 is 1.27 bits per heavy atom. The van der Waals surface area contributed by atoms with E-state index >= 15 is 0 Å². The molecule has 4 aromatic carbocycles. The number of carbonyl (C=O) groups is 4. The van der Waals surface area contributed by atoms with Crippen molar-refractivity contribution < 1.29 is 73.1 Å². The van der Waals surface area contributed by atoms with E-state index in [4.69, 9.17) is 33.5 Å². The van der Waals surface area contributed by atoms with E-state index < -0.39 is 54.1 Å². The van der Waals surface area contributed by atoms with Gasteiger partial charge >= 0.3 is 18.2 Å². The number of aliphatic hydroxyl groups is 4. The highest BCUT2D eigenvalue weighted by Gasteiger charge is 2.46. The number of fused-ring (bicyclic) bond motifs is 6. The summed E-state index contributed by atoms with van der Waals surface area (Å²) in [6.45, 7) is 22.5. The summed E-state index contributed by atoms with van der Waals surface area (Å²) in [5.74, 6) is -2.02. The van der Waals surface area contributed by atoms with Crippen molar-refractivity contribution in [2.75, 3.05) is 32.8 Å². The number of carboxylic acids is 1. The van der Waals surface area contributed by atoms with Crippen molar-refractivity contribution in [3.8, 4) is 22.3 Å². The van der Waals surface area contributed by atoms with E-state index in [1.165, 1.54) is 39.0 Å². The Labute approximate surface area is 613 Å². The minimum Gasteiger partial charge on any atom is -0.481 e. The molecule has 4 aliphatic heterocycles. The summed E-state index contributed by atoms with van der Waals surface area (Å²) >= 11 is 0. The first-order chi connectivity index (χ1) is 49.3. The molecule has 6 aliphatic rings. The molecule has 4 heterocycles. The molecule has 2 spiro atoms. The molecule has 16 atom stereocenters. The molecule has 2 aliphatic carbocycles. The van der Waals surface area contributed by atoms with Gasteiger partial charge in [0, 0.05) is 57.2 Å². The summed E-state index contributed by atoms with van der Waals surface area (Å²) < 4.78 is 37.5. The van der Waals surface area contributed by atoms with Gasteiger partial charge in [0.05, 0.1) is 60.7 Å². The number of hydrogen-bond acceptors (Lipinski definition) is 14. The molecule has 2 unspecified atom stereocenters. The van der Waals surface area contributed by atoms with E-state index in [2.05, 4.69) is 99.1 Å². The number of rotatable bonds is 29. The molecule has 10 rings (SSSR count). The summed E-state index contributed by atoms with van der Waals surface area (Å²) in [5, 5.41) is 56.7. The number of hydrogen-bond donors (Lipinski definition) is 8. The molecule has 3 amide bonds. The minimum absolute atomic E-state index is 0.0454. The smallest absolute Gasteiger partial charge is 0.407 e. The predicted octanol–water partition coefficient (Wildman–Crippen LogP) is 15.8. The van der Waals surface area contributed by atoms with Crippen molar-refractivity contribution in [2.24, 2.45) is 35.5 Å². The first-order valence-corrected chi connectivity index (χ1v) is 38.8. The van der Waals surface area contributed by atoms with E-state index in [9.17, 15) is 39.6 Å². The van der Waals surface area contributed by atoms with Crippen molar-refractivity contribution in [3.63, 3.8) is 0 Å². The summed E-state index contributed by atoms with van der Waals surface area (Å²) in [6, 6.07) is 32.4. The predicted molar refractivity (Wildman–Crippen MR) is 403 cm³/mol. The summed E-state index contributed by atoms with van der Waals surface area (Å²) in [4.78, 5) is 48.2. The maximum atomic E-state index is 12.9. The number of benzene rings is 4. The van der Waals surface area contributed by atoms with Gasteiger partial charge in [-0.1, -0.05) is 164 Å². The largest absolute Gasteiger partial charge is 0.481 e. The van der Waals surface area contributed by atoms with Crippen LogP contribution in [-0.4, -0.2) is 143 Å². The molecule has 4 fully saturated rings. The summed E-state index contributed by atoms with van der Waals surface area (Å²) in [6.07, 6.45) is 21.2. The number of carbonyl (C=O) groups excluding carboxylic acids is 3. The van der Waals surface area contributed by atoms with Gasteiger partial charge in [0.25, 0.3) is 0 Å². The zero-order valence-corrected chi connectivity index (χ0v) is 63.4. The third-order valence-corrected chi connectivity index (χ3v) is 22.6. The number of aliphatic hydroxyl groups excluding tert-OH is 4. The molecule has 18 heteroatoms. The zero-order chi connectivity index (χ0) is 74.4. The second-order valence-corrected chi connectivity index (χ2v) is 30.8. The monoisotopic (exact) mass is 1430 g/mol. The molecule has 0 radical (unpaired) electrons. The maximum absolute atomic E-state index is 12.9. The highest BCUT2D eigenvalue weighted by atomic mass is 16.7. The van der Waals surface area contributed by atoms with Crippen LogP contribution in [0.4, 0.5) is 9.59 Å². The van der Waals surface area contributed by atoms with E-state index in [1.807, 2.05) is 81.4 Å². The molecule has 103 heavy (non-hydrogen) atoms. The molecule has 18 nitrogen and oxygen atoms in total. The molecule has 4 aromatic rings. The first kappa shape index (κ1) is 82.2. The fourth-order valence-electron chi connectivity index (χ4n) is 15.5. The van der Waals surface area contributed by atoms with E-state index in [0.717, 1.165) is 146 Å². The van der Waals surface area contributed by atoms with Crippen molar-refractivity contribution in [1.82, 2.24) is 16.0 Å². The van der Waals surface area contributed by atoms with Gasteiger partial charge in [-0.3, -0.25) is 9.59 Å². The van der Waals surface area contributed by atoms with E-state index in [1.54, 1.807) is 13.8 Å². The number of carboxylic acid groups (broad SMARTS) is 1. The van der Waals surface area contributed by atoms with Gasteiger partial charge in [-0.25, -0.2) is 9.59 Å². The van der Waals surface area contributed by atoms with Crippen molar-refractivity contribution >= 4 is 24.1 Å². The average Bonchev–Trinajstić information content (AvgIpc) is 1.68. The van der Waals surface area contributed by atoms with Crippen molar-refractivity contribution in [3.05, 3.63) is 143 Å². The zero-order valence-electron chi connectivity index (χ0n) is 63.4. The molecule has 0 saturated carbocycles. The number of amides is 3. The van der Waals surface area contributed by atoms with Crippen LogP contribution in [0, 0.1) is 35.5 Å². The lowest BCUT2D eigenvalue weighted by atomic mass is 9.85. The SMILES string of the molecule is C/C(=C\[C@@H](C)CC[C@@H]1CCC[C@]2(CCC(C)[C@@H](CCCNC(=O)[C@@H](C)[C@@H](O)CNC(=O)OCC3c4ccccc4-c4ccccc43)O2)O1)[C@H](C)O.CCCC[C@H]1O[C@@]2(CCC[C@@H](CC[C@H](C)/C=C(\C)[C@H](C)O)O2)CCC1C.C[C@H](C(=O)O)[C@@H](O)CNC(=O)OCC1c2ccccc2-c2ccccc21. The standard InChI is InChI=1S/C42H60N2O7.C23H42O3.C20H21NO5/c1-27(24-29(3)31(5)45)18-19-32-12-10-21-42(50-32)22-20-28(2)39(51-42)17-11-23-43-40(47)30(4)38(46)25-44-41(48)49-26-37-35-15-8-6-13-33(35)34-14-7-9-16-36(34)37;1-6-7-10-22-18(3)13-15-23(26-22)14-8-9-21(25-23)12-11-17(2)16-19(4)20(5)24;1-12(19(23)24)18(22)10-21-20(25)26-11-17-15-8-4-2-6-13(15)14-7-3-5-9-16(14)17/h6-9,13-16,24,27-28,30-32,37-39,45-46H,10-12,17-23,25-26H2,1-5H3,(H,43,47)(H,44,48);16-18,20-22,24H,6-15H2,1-5H3;2-9,12,17-18,22H,10-11H2,1H3,(H,21,25)(H,23,24)/b29-24+;19-16+;/t27-,28?,30-,31-,32-,38-,39+,42-;17-,18?,20-,21-,22+,23-;12-,18-/m000/s1. The molecular weight excluding hydrogens is 1300 g/mol. The van der Waals surface area contributed by atoms with Gasteiger partial charge in [-0.15, -0.1) is 0 Å². The minimum atomic E-state index is -1.17. The fourth-order valence-corrected chi connectivity index (χ4v) is 15.5. The molecule has 8 N–H and O–H groups in total. The van der Waals surface area contributed by atoms with Gasteiger partial charge in [-0.2, -0.15) is 0 Å². The van der Waals surface area contributed by atoms with Crippen LogP contribution >= 0.6 is 0 Å². The van der Waals surface area contributed by atoms with Crippen molar-refractivity contribution in [1.29, 1.82) is 0 Å². The van der Waals surface area contributed by atoms with Crippen LogP contribution in [0.15, 0.2) is 120 Å². The van der Waals surface area contributed by atoms with Gasteiger partial charge in [0.15, 0.2) is 11.6 Å². The highest BCUT2D eigenvalue weighted by Crippen LogP contribution is 2.48. The number of ether oxygens (including phenoxy) is 6. The molecule has 568 valence electrons. The topological polar surface area (TPSA) is 261 Å². The Bertz CT molecular complexity index is 3320. The molecule has 0 aromatic heterocycles. The maximum Gasteiger partial charge on any atom is 0.407 e.